The van der Waals surface area contributed by atoms with Gasteiger partial charge in [-0.15, -0.1) is 11.3 Å². The smallest absolute Gasteiger partial charge is 0.305 e. The van der Waals surface area contributed by atoms with Crippen LogP contribution in [0.15, 0.2) is 11.7 Å². The van der Waals surface area contributed by atoms with Crippen LogP contribution in [0.5, 0.6) is 0 Å². The van der Waals surface area contributed by atoms with E-state index in [0.717, 1.165) is 0 Å². The number of carbonyl (C=O) groups excluding carboxylic acids is 2. The molecule has 6 heteroatoms. The van der Waals surface area contributed by atoms with Crippen molar-refractivity contribution in [2.24, 2.45) is 0 Å². The van der Waals surface area contributed by atoms with Crippen molar-refractivity contribution in [3.8, 4) is 0 Å². The summed E-state index contributed by atoms with van der Waals surface area (Å²) in [5, 5.41) is 2.71. The van der Waals surface area contributed by atoms with Crippen LogP contribution in [0.4, 0.5) is 0 Å². The molecule has 0 aromatic carbocycles. The third-order valence-electron chi connectivity index (χ3n) is 1.80. The van der Waals surface area contributed by atoms with E-state index in [2.05, 4.69) is 10.3 Å². The zero-order chi connectivity index (χ0) is 11.8. The molecule has 0 saturated heterocycles. The largest absolute Gasteiger partial charge is 0.466 e. The number of nitrogens with zero attached hydrogens (tertiary/aromatic N) is 1. The van der Waals surface area contributed by atoms with Crippen LogP contribution in [0.25, 0.3) is 0 Å². The second-order valence-corrected chi connectivity index (χ2v) is 3.92. The SMILES string of the molecule is CCOC(=O)CCCNC(=O)c1cncs1. The predicted octanol–water partition coefficient (Wildman–Crippen LogP) is 1.22. The maximum absolute atomic E-state index is 11.4. The van der Waals surface area contributed by atoms with Gasteiger partial charge in [0.2, 0.25) is 0 Å². The molecule has 0 bridgehead atoms. The van der Waals surface area contributed by atoms with Gasteiger partial charge in [0.25, 0.3) is 5.91 Å². The summed E-state index contributed by atoms with van der Waals surface area (Å²) in [6, 6.07) is 0. The third kappa shape index (κ3) is 4.39. The average molecular weight is 242 g/mol. The van der Waals surface area contributed by atoms with Crippen molar-refractivity contribution < 1.29 is 14.3 Å². The third-order valence-corrected chi connectivity index (χ3v) is 2.58. The Kier molecular flexibility index (Phi) is 5.49. The minimum absolute atomic E-state index is 0.147. The molecule has 1 aromatic heterocycles. The van der Waals surface area contributed by atoms with Crippen molar-refractivity contribution in [1.29, 1.82) is 0 Å². The number of carbonyl (C=O) groups is 2. The number of rotatable bonds is 6. The van der Waals surface area contributed by atoms with E-state index < -0.39 is 0 Å². The van der Waals surface area contributed by atoms with Gasteiger partial charge in [0, 0.05) is 13.0 Å². The van der Waals surface area contributed by atoms with Gasteiger partial charge >= 0.3 is 5.97 Å². The average Bonchev–Trinajstić information content (AvgIpc) is 2.78. The Morgan fingerprint density at radius 1 is 1.56 bits per heavy atom. The number of nitrogens with one attached hydrogen (secondary N) is 1. The van der Waals surface area contributed by atoms with Gasteiger partial charge in [-0.1, -0.05) is 0 Å². The van der Waals surface area contributed by atoms with Crippen molar-refractivity contribution >= 4 is 23.2 Å². The van der Waals surface area contributed by atoms with Gasteiger partial charge in [-0.05, 0) is 13.3 Å². The van der Waals surface area contributed by atoms with E-state index in [4.69, 9.17) is 4.74 Å². The summed E-state index contributed by atoms with van der Waals surface area (Å²) < 4.78 is 4.76. The maximum atomic E-state index is 11.4. The fourth-order valence-electron chi connectivity index (χ4n) is 1.08. The van der Waals surface area contributed by atoms with Crippen LogP contribution in [0, 0.1) is 0 Å². The van der Waals surface area contributed by atoms with Crippen LogP contribution >= 0.6 is 11.3 Å². The van der Waals surface area contributed by atoms with Crippen molar-refractivity contribution in [3.63, 3.8) is 0 Å². The molecule has 16 heavy (non-hydrogen) atoms. The fraction of sp³-hybridized carbons (Fsp3) is 0.500. The number of amides is 1. The van der Waals surface area contributed by atoms with Crippen LogP contribution in [0.2, 0.25) is 0 Å². The monoisotopic (exact) mass is 242 g/mol. The molecule has 0 spiro atoms. The lowest BCUT2D eigenvalue weighted by atomic mass is 10.3. The topological polar surface area (TPSA) is 68.3 Å². The Labute approximate surface area is 97.8 Å². The van der Waals surface area contributed by atoms with Crippen LogP contribution in [0.1, 0.15) is 29.4 Å². The maximum Gasteiger partial charge on any atom is 0.305 e. The summed E-state index contributed by atoms with van der Waals surface area (Å²) in [4.78, 5) is 26.8. The molecule has 1 heterocycles. The molecular formula is C10H14N2O3S. The molecule has 0 aliphatic heterocycles. The fourth-order valence-corrected chi connectivity index (χ4v) is 1.62. The summed E-state index contributed by atoms with van der Waals surface area (Å²) in [7, 11) is 0. The van der Waals surface area contributed by atoms with Gasteiger partial charge < -0.3 is 10.1 Å². The second kappa shape index (κ2) is 6.95. The van der Waals surface area contributed by atoms with Gasteiger partial charge in [-0.25, -0.2) is 0 Å². The summed E-state index contributed by atoms with van der Waals surface area (Å²) in [5.74, 6) is -0.374. The molecular weight excluding hydrogens is 228 g/mol. The van der Waals surface area contributed by atoms with Gasteiger partial charge in [0.15, 0.2) is 0 Å². The van der Waals surface area contributed by atoms with Crippen molar-refractivity contribution in [1.82, 2.24) is 10.3 Å². The molecule has 0 atom stereocenters. The minimum Gasteiger partial charge on any atom is -0.466 e. The second-order valence-electron chi connectivity index (χ2n) is 3.03. The van der Waals surface area contributed by atoms with Crippen LogP contribution in [0.3, 0.4) is 0 Å². The summed E-state index contributed by atoms with van der Waals surface area (Å²) >= 11 is 1.29. The quantitative estimate of drug-likeness (QED) is 0.601. The van der Waals surface area contributed by atoms with Gasteiger partial charge in [-0.3, -0.25) is 14.6 Å². The molecule has 1 aromatic rings. The molecule has 1 N–H and O–H groups in total. The number of hydrogen-bond acceptors (Lipinski definition) is 5. The number of esters is 1. The first kappa shape index (κ1) is 12.6. The summed E-state index contributed by atoms with van der Waals surface area (Å²) in [6.07, 6.45) is 2.44. The van der Waals surface area contributed by atoms with E-state index in [0.29, 0.717) is 30.9 Å². The Bertz CT molecular complexity index is 338. The highest BCUT2D eigenvalue weighted by Gasteiger charge is 2.06. The summed E-state index contributed by atoms with van der Waals surface area (Å²) in [6.45, 7) is 2.63. The van der Waals surface area contributed by atoms with Crippen LogP contribution in [-0.4, -0.2) is 30.0 Å². The van der Waals surface area contributed by atoms with Crippen molar-refractivity contribution in [3.05, 3.63) is 16.6 Å². The van der Waals surface area contributed by atoms with E-state index in [1.165, 1.54) is 17.5 Å². The highest BCUT2D eigenvalue weighted by atomic mass is 32.1. The highest BCUT2D eigenvalue weighted by Crippen LogP contribution is 2.04. The zero-order valence-electron chi connectivity index (χ0n) is 9.06. The molecule has 0 unspecified atom stereocenters. The Morgan fingerprint density at radius 3 is 3.00 bits per heavy atom. The lowest BCUT2D eigenvalue weighted by molar-refractivity contribution is -0.143. The summed E-state index contributed by atoms with van der Waals surface area (Å²) in [5.41, 5.74) is 1.60. The first-order valence-corrected chi connectivity index (χ1v) is 5.94. The molecule has 0 saturated carbocycles. The molecule has 0 aliphatic rings. The van der Waals surface area contributed by atoms with E-state index in [1.54, 1.807) is 12.4 Å². The lowest BCUT2D eigenvalue weighted by Gasteiger charge is -2.03. The van der Waals surface area contributed by atoms with Gasteiger partial charge in [0.1, 0.15) is 4.88 Å². The van der Waals surface area contributed by atoms with E-state index in [-0.39, 0.29) is 11.9 Å². The number of thiazole rings is 1. The van der Waals surface area contributed by atoms with Crippen LogP contribution < -0.4 is 5.32 Å². The standard InChI is InChI=1S/C10H14N2O3S/c1-2-15-9(13)4-3-5-12-10(14)8-6-11-7-16-8/h6-7H,2-5H2,1H3,(H,12,14). The zero-order valence-corrected chi connectivity index (χ0v) is 9.88. The van der Waals surface area contributed by atoms with Crippen molar-refractivity contribution in [2.45, 2.75) is 19.8 Å². The van der Waals surface area contributed by atoms with Gasteiger partial charge in [0.05, 0.1) is 18.3 Å². The molecule has 1 rings (SSSR count). The molecule has 5 nitrogen and oxygen atoms in total. The highest BCUT2D eigenvalue weighted by molar-refractivity contribution is 7.11. The van der Waals surface area contributed by atoms with Crippen LogP contribution in [-0.2, 0) is 9.53 Å². The Hall–Kier alpha value is -1.43. The lowest BCUT2D eigenvalue weighted by Crippen LogP contribution is -2.24. The Balaban J connectivity index is 2.12. The minimum atomic E-state index is -0.227. The molecule has 0 aliphatic carbocycles. The van der Waals surface area contributed by atoms with E-state index >= 15 is 0 Å². The van der Waals surface area contributed by atoms with Gasteiger partial charge in [-0.2, -0.15) is 0 Å². The molecule has 0 radical (unpaired) electrons. The molecule has 1 amide bonds. The first-order valence-electron chi connectivity index (χ1n) is 5.06. The van der Waals surface area contributed by atoms with E-state index in [1.807, 2.05) is 0 Å². The van der Waals surface area contributed by atoms with E-state index in [9.17, 15) is 9.59 Å². The predicted molar refractivity (Wildman–Crippen MR) is 60.3 cm³/mol. The number of aromatic nitrogens is 1. The Morgan fingerprint density at radius 2 is 2.38 bits per heavy atom. The normalized spacial score (nSPS) is 9.81. The number of ether oxygens (including phenoxy) is 1. The van der Waals surface area contributed by atoms with Crippen molar-refractivity contribution in [2.75, 3.05) is 13.2 Å². The number of hydrogen-bond donors (Lipinski definition) is 1. The first-order chi connectivity index (χ1) is 7.74. The molecule has 88 valence electrons. The molecule has 0 fully saturated rings.